The number of benzene rings is 1. The highest BCUT2D eigenvalue weighted by Crippen LogP contribution is 2.30. The van der Waals surface area contributed by atoms with E-state index in [1.165, 1.54) is 69.3 Å². The monoisotopic (exact) mass is 272 g/mol. The predicted octanol–water partition coefficient (Wildman–Crippen LogP) is 3.49. The van der Waals surface area contributed by atoms with Crippen molar-refractivity contribution >= 4 is 0 Å². The van der Waals surface area contributed by atoms with Crippen molar-refractivity contribution in [2.45, 2.75) is 57.5 Å². The molecule has 2 fully saturated rings. The summed E-state index contributed by atoms with van der Waals surface area (Å²) in [6, 6.07) is 8.85. The zero-order valence-electron chi connectivity index (χ0n) is 12.8. The first-order chi connectivity index (χ1) is 9.77. The van der Waals surface area contributed by atoms with Crippen molar-refractivity contribution in [2.24, 2.45) is 0 Å². The van der Waals surface area contributed by atoms with Crippen LogP contribution in [0.3, 0.4) is 0 Å². The van der Waals surface area contributed by atoms with E-state index in [0.717, 1.165) is 6.54 Å². The third-order valence-electron chi connectivity index (χ3n) is 5.14. The van der Waals surface area contributed by atoms with Crippen LogP contribution in [0, 0.1) is 6.92 Å². The lowest BCUT2D eigenvalue weighted by Crippen LogP contribution is -2.52. The molecule has 20 heavy (non-hydrogen) atoms. The average molecular weight is 272 g/mol. The lowest BCUT2D eigenvalue weighted by atomic mass is 9.81. The van der Waals surface area contributed by atoms with Crippen LogP contribution in [0.2, 0.25) is 0 Å². The molecule has 0 bridgehead atoms. The maximum Gasteiger partial charge on any atom is 0.0308 e. The molecule has 0 amide bonds. The lowest BCUT2D eigenvalue weighted by molar-refractivity contribution is 0.159. The Morgan fingerprint density at radius 1 is 1.10 bits per heavy atom. The Hall–Kier alpha value is -0.860. The van der Waals surface area contributed by atoms with Crippen LogP contribution in [0.4, 0.5) is 0 Å². The second kappa shape index (κ2) is 6.28. The molecule has 1 heterocycles. The number of hydrogen-bond donors (Lipinski definition) is 1. The number of hydrogen-bond acceptors (Lipinski definition) is 2. The van der Waals surface area contributed by atoms with Gasteiger partial charge >= 0.3 is 0 Å². The SMILES string of the molecule is Cc1ccccc1CN1CCCNC2(CCCCC2)C1. The Morgan fingerprint density at radius 2 is 1.90 bits per heavy atom. The lowest BCUT2D eigenvalue weighted by Gasteiger charge is -2.40. The van der Waals surface area contributed by atoms with Gasteiger partial charge in [0.15, 0.2) is 0 Å². The zero-order chi connectivity index (χ0) is 13.8. The van der Waals surface area contributed by atoms with Crippen LogP contribution in [-0.4, -0.2) is 30.1 Å². The van der Waals surface area contributed by atoms with Gasteiger partial charge in [0.2, 0.25) is 0 Å². The van der Waals surface area contributed by atoms with E-state index in [1.54, 1.807) is 0 Å². The highest BCUT2D eigenvalue weighted by Gasteiger charge is 2.34. The van der Waals surface area contributed by atoms with E-state index in [-0.39, 0.29) is 0 Å². The molecule has 2 aliphatic rings. The third kappa shape index (κ3) is 3.24. The van der Waals surface area contributed by atoms with Crippen molar-refractivity contribution in [2.75, 3.05) is 19.6 Å². The van der Waals surface area contributed by atoms with Crippen molar-refractivity contribution in [3.05, 3.63) is 35.4 Å². The minimum absolute atomic E-state index is 0.414. The minimum atomic E-state index is 0.414. The van der Waals surface area contributed by atoms with Crippen molar-refractivity contribution in [3.63, 3.8) is 0 Å². The van der Waals surface area contributed by atoms with Crippen molar-refractivity contribution in [1.29, 1.82) is 0 Å². The van der Waals surface area contributed by atoms with Gasteiger partial charge in [-0.1, -0.05) is 43.5 Å². The summed E-state index contributed by atoms with van der Waals surface area (Å²) in [5, 5.41) is 3.89. The maximum absolute atomic E-state index is 3.89. The Morgan fingerprint density at radius 3 is 2.70 bits per heavy atom. The van der Waals surface area contributed by atoms with E-state index in [2.05, 4.69) is 41.4 Å². The van der Waals surface area contributed by atoms with Crippen LogP contribution in [-0.2, 0) is 6.54 Å². The first-order valence-corrected chi connectivity index (χ1v) is 8.29. The van der Waals surface area contributed by atoms with Crippen LogP contribution in [0.1, 0.15) is 49.7 Å². The summed E-state index contributed by atoms with van der Waals surface area (Å²) >= 11 is 0. The van der Waals surface area contributed by atoms with Crippen LogP contribution in [0.5, 0.6) is 0 Å². The van der Waals surface area contributed by atoms with Crippen molar-refractivity contribution in [3.8, 4) is 0 Å². The molecule has 0 aromatic heterocycles. The van der Waals surface area contributed by atoms with Gasteiger partial charge in [-0.3, -0.25) is 4.90 Å². The first-order valence-electron chi connectivity index (χ1n) is 8.29. The Bertz CT molecular complexity index is 435. The molecule has 1 spiro atoms. The molecule has 1 saturated heterocycles. The number of rotatable bonds is 2. The van der Waals surface area contributed by atoms with Gasteiger partial charge in [0.05, 0.1) is 0 Å². The molecular weight excluding hydrogens is 244 g/mol. The van der Waals surface area contributed by atoms with Crippen molar-refractivity contribution < 1.29 is 0 Å². The fourth-order valence-electron chi connectivity index (χ4n) is 3.95. The first kappa shape index (κ1) is 14.1. The van der Waals surface area contributed by atoms with Crippen molar-refractivity contribution in [1.82, 2.24) is 10.2 Å². The van der Waals surface area contributed by atoms with E-state index in [0.29, 0.717) is 5.54 Å². The van der Waals surface area contributed by atoms with E-state index in [4.69, 9.17) is 0 Å². The second-order valence-corrected chi connectivity index (χ2v) is 6.76. The summed E-state index contributed by atoms with van der Waals surface area (Å²) in [5.74, 6) is 0. The summed E-state index contributed by atoms with van der Waals surface area (Å²) in [4.78, 5) is 2.69. The van der Waals surface area contributed by atoms with Gasteiger partial charge in [-0.2, -0.15) is 0 Å². The molecule has 1 aromatic rings. The number of nitrogens with zero attached hydrogens (tertiary/aromatic N) is 1. The smallest absolute Gasteiger partial charge is 0.0308 e. The predicted molar refractivity (Wildman–Crippen MR) is 84.9 cm³/mol. The topological polar surface area (TPSA) is 15.3 Å². The Labute approximate surface area is 123 Å². The molecule has 0 radical (unpaired) electrons. The zero-order valence-corrected chi connectivity index (χ0v) is 12.8. The van der Waals surface area contributed by atoms with Gasteiger partial charge in [-0.15, -0.1) is 0 Å². The van der Waals surface area contributed by atoms with Gasteiger partial charge in [-0.05, 0) is 50.4 Å². The van der Waals surface area contributed by atoms with Crippen LogP contribution in [0.25, 0.3) is 0 Å². The third-order valence-corrected chi connectivity index (χ3v) is 5.14. The molecule has 1 saturated carbocycles. The molecule has 0 unspecified atom stereocenters. The molecule has 2 nitrogen and oxygen atoms in total. The summed E-state index contributed by atoms with van der Waals surface area (Å²) < 4.78 is 0. The van der Waals surface area contributed by atoms with Crippen LogP contribution in [0.15, 0.2) is 24.3 Å². The summed E-state index contributed by atoms with van der Waals surface area (Å²) in [5.41, 5.74) is 3.35. The van der Waals surface area contributed by atoms with E-state index in [9.17, 15) is 0 Å². The summed E-state index contributed by atoms with van der Waals surface area (Å²) in [7, 11) is 0. The van der Waals surface area contributed by atoms with E-state index < -0.39 is 0 Å². The fraction of sp³-hybridized carbons (Fsp3) is 0.667. The van der Waals surface area contributed by atoms with Gasteiger partial charge in [0, 0.05) is 18.6 Å². The molecule has 3 rings (SSSR count). The molecule has 1 aliphatic carbocycles. The largest absolute Gasteiger partial charge is 0.310 e. The average Bonchev–Trinajstić information content (AvgIpc) is 2.65. The molecule has 1 aromatic carbocycles. The van der Waals surface area contributed by atoms with Gasteiger partial charge in [-0.25, -0.2) is 0 Å². The van der Waals surface area contributed by atoms with E-state index in [1.807, 2.05) is 0 Å². The number of aryl methyl sites for hydroxylation is 1. The molecule has 110 valence electrons. The highest BCUT2D eigenvalue weighted by atomic mass is 15.2. The van der Waals surface area contributed by atoms with Crippen LogP contribution < -0.4 is 5.32 Å². The highest BCUT2D eigenvalue weighted by molar-refractivity contribution is 5.25. The van der Waals surface area contributed by atoms with Gasteiger partial charge in [0.1, 0.15) is 0 Å². The van der Waals surface area contributed by atoms with E-state index >= 15 is 0 Å². The maximum atomic E-state index is 3.89. The fourth-order valence-corrected chi connectivity index (χ4v) is 3.95. The summed E-state index contributed by atoms with van der Waals surface area (Å²) in [6.45, 7) is 7.03. The second-order valence-electron chi connectivity index (χ2n) is 6.76. The molecule has 1 aliphatic heterocycles. The van der Waals surface area contributed by atoms with Gasteiger partial charge in [0.25, 0.3) is 0 Å². The molecule has 0 atom stereocenters. The van der Waals surface area contributed by atoms with Gasteiger partial charge < -0.3 is 5.32 Å². The summed E-state index contributed by atoms with van der Waals surface area (Å²) in [6.07, 6.45) is 8.28. The van der Waals surface area contributed by atoms with Crippen LogP contribution >= 0.6 is 0 Å². The Balaban J connectivity index is 1.70. The number of nitrogens with one attached hydrogen (secondary N) is 1. The standard InChI is InChI=1S/C18H28N2/c1-16-8-3-4-9-17(16)14-20-13-7-12-19-18(15-20)10-5-2-6-11-18/h3-4,8-9,19H,2,5-7,10-15H2,1H3. The molecular formula is C18H28N2. The quantitative estimate of drug-likeness (QED) is 0.886. The molecule has 2 heteroatoms. The molecule has 1 N–H and O–H groups in total. The Kier molecular flexibility index (Phi) is 4.42. The normalized spacial score (nSPS) is 23.6. The minimum Gasteiger partial charge on any atom is -0.310 e.